The summed E-state index contributed by atoms with van der Waals surface area (Å²) in [6, 6.07) is 0.686. The lowest BCUT2D eigenvalue weighted by Crippen LogP contribution is -2.47. The Morgan fingerprint density at radius 3 is 2.87 bits per heavy atom. The molecule has 2 fully saturated rings. The Morgan fingerprint density at radius 2 is 2.20 bits per heavy atom. The Labute approximate surface area is 90.9 Å². The molecule has 0 spiro atoms. The van der Waals surface area contributed by atoms with Gasteiger partial charge in [-0.3, -0.25) is 14.6 Å². The molecule has 4 nitrogen and oxygen atoms in total. The van der Waals surface area contributed by atoms with Crippen molar-refractivity contribution in [2.24, 2.45) is 0 Å². The zero-order valence-electron chi connectivity index (χ0n) is 9.52. The molecule has 2 aliphatic heterocycles. The van der Waals surface area contributed by atoms with E-state index in [-0.39, 0.29) is 6.04 Å². The molecular formula is C11H20N2O2. The molecule has 0 aliphatic carbocycles. The molecule has 2 saturated heterocycles. The molecule has 4 heteroatoms. The standard InChI is InChI=1S/C11H20N2O2/c1-8(11(14)15)12(2)9-5-7-13-6-3-4-10(9)13/h8-10H,3-7H2,1-2H3,(H,14,15). The van der Waals surface area contributed by atoms with Gasteiger partial charge in [-0.05, 0) is 39.8 Å². The highest BCUT2D eigenvalue weighted by Crippen LogP contribution is 2.31. The number of carboxylic acids is 1. The van der Waals surface area contributed by atoms with Crippen molar-refractivity contribution in [1.29, 1.82) is 0 Å². The van der Waals surface area contributed by atoms with Crippen LogP contribution in [0.25, 0.3) is 0 Å². The Morgan fingerprint density at radius 1 is 1.47 bits per heavy atom. The first-order valence-corrected chi connectivity index (χ1v) is 5.80. The molecule has 0 bridgehead atoms. The Balaban J connectivity index is 2.01. The second-order valence-electron chi connectivity index (χ2n) is 4.78. The van der Waals surface area contributed by atoms with E-state index >= 15 is 0 Å². The topological polar surface area (TPSA) is 43.8 Å². The van der Waals surface area contributed by atoms with Crippen LogP contribution in [-0.2, 0) is 4.79 Å². The van der Waals surface area contributed by atoms with Gasteiger partial charge in [-0.25, -0.2) is 0 Å². The smallest absolute Gasteiger partial charge is 0.320 e. The first-order valence-electron chi connectivity index (χ1n) is 5.80. The van der Waals surface area contributed by atoms with Gasteiger partial charge in [-0.1, -0.05) is 0 Å². The highest BCUT2D eigenvalue weighted by Gasteiger charge is 2.40. The number of carbonyl (C=O) groups is 1. The fraction of sp³-hybridized carbons (Fsp3) is 0.909. The minimum absolute atomic E-state index is 0.365. The minimum Gasteiger partial charge on any atom is -0.480 e. The van der Waals surface area contributed by atoms with Gasteiger partial charge in [0.2, 0.25) is 0 Å². The van der Waals surface area contributed by atoms with Crippen LogP contribution in [0.5, 0.6) is 0 Å². The van der Waals surface area contributed by atoms with E-state index in [4.69, 9.17) is 5.11 Å². The molecule has 1 N–H and O–H groups in total. The highest BCUT2D eigenvalue weighted by molar-refractivity contribution is 5.72. The number of aliphatic carboxylic acids is 1. The van der Waals surface area contributed by atoms with Gasteiger partial charge in [0, 0.05) is 18.6 Å². The van der Waals surface area contributed by atoms with Crippen molar-refractivity contribution in [3.8, 4) is 0 Å². The predicted molar refractivity (Wildman–Crippen MR) is 57.9 cm³/mol. The van der Waals surface area contributed by atoms with Crippen molar-refractivity contribution < 1.29 is 9.90 Å². The molecule has 0 radical (unpaired) electrons. The summed E-state index contributed by atoms with van der Waals surface area (Å²) in [5, 5.41) is 9.00. The van der Waals surface area contributed by atoms with Crippen LogP contribution in [0.15, 0.2) is 0 Å². The van der Waals surface area contributed by atoms with Crippen molar-refractivity contribution in [2.75, 3.05) is 20.1 Å². The summed E-state index contributed by atoms with van der Waals surface area (Å²) >= 11 is 0. The van der Waals surface area contributed by atoms with Crippen molar-refractivity contribution >= 4 is 5.97 Å². The molecular weight excluding hydrogens is 192 g/mol. The maximum absolute atomic E-state index is 10.9. The third kappa shape index (κ3) is 1.88. The third-order valence-corrected chi connectivity index (χ3v) is 4.06. The highest BCUT2D eigenvalue weighted by atomic mass is 16.4. The molecule has 2 heterocycles. The van der Waals surface area contributed by atoms with Crippen molar-refractivity contribution in [3.05, 3.63) is 0 Å². The van der Waals surface area contributed by atoms with Gasteiger partial charge in [-0.15, -0.1) is 0 Å². The average molecular weight is 212 g/mol. The van der Waals surface area contributed by atoms with E-state index in [1.807, 2.05) is 11.9 Å². The van der Waals surface area contributed by atoms with E-state index in [1.165, 1.54) is 19.4 Å². The Bertz CT molecular complexity index is 257. The first kappa shape index (κ1) is 10.9. The van der Waals surface area contributed by atoms with Crippen LogP contribution in [0.1, 0.15) is 26.2 Å². The number of hydrogen-bond donors (Lipinski definition) is 1. The van der Waals surface area contributed by atoms with Crippen LogP contribution >= 0.6 is 0 Å². The van der Waals surface area contributed by atoms with Gasteiger partial charge >= 0.3 is 5.97 Å². The molecule has 0 amide bonds. The van der Waals surface area contributed by atoms with Crippen LogP contribution in [-0.4, -0.2) is 59.1 Å². The number of nitrogens with zero attached hydrogens (tertiary/aromatic N) is 2. The lowest BCUT2D eigenvalue weighted by Gasteiger charge is -2.32. The average Bonchev–Trinajstić information content (AvgIpc) is 2.75. The van der Waals surface area contributed by atoms with Crippen molar-refractivity contribution in [3.63, 3.8) is 0 Å². The molecule has 3 atom stereocenters. The largest absolute Gasteiger partial charge is 0.480 e. The maximum atomic E-state index is 10.9. The molecule has 2 aliphatic rings. The van der Waals surface area contributed by atoms with E-state index in [1.54, 1.807) is 6.92 Å². The molecule has 0 aromatic rings. The van der Waals surface area contributed by atoms with E-state index in [9.17, 15) is 4.79 Å². The lowest BCUT2D eigenvalue weighted by atomic mass is 10.0. The quantitative estimate of drug-likeness (QED) is 0.745. The van der Waals surface area contributed by atoms with Crippen molar-refractivity contribution in [1.82, 2.24) is 9.80 Å². The van der Waals surface area contributed by atoms with Crippen molar-refractivity contribution in [2.45, 2.75) is 44.3 Å². The second kappa shape index (κ2) is 4.10. The summed E-state index contributed by atoms with van der Waals surface area (Å²) < 4.78 is 0. The van der Waals surface area contributed by atoms with Gasteiger partial charge in [-0.2, -0.15) is 0 Å². The third-order valence-electron chi connectivity index (χ3n) is 4.06. The van der Waals surface area contributed by atoms with E-state index in [2.05, 4.69) is 4.90 Å². The van der Waals surface area contributed by atoms with Gasteiger partial charge in [0.15, 0.2) is 0 Å². The second-order valence-corrected chi connectivity index (χ2v) is 4.78. The van der Waals surface area contributed by atoms with Crippen LogP contribution < -0.4 is 0 Å². The zero-order chi connectivity index (χ0) is 11.0. The normalized spacial score (nSPS) is 33.3. The number of hydrogen-bond acceptors (Lipinski definition) is 3. The molecule has 0 aromatic heterocycles. The summed E-state index contributed by atoms with van der Waals surface area (Å²) in [4.78, 5) is 15.5. The number of likely N-dealkylation sites (N-methyl/N-ethyl adjacent to an activating group) is 1. The number of rotatable bonds is 3. The van der Waals surface area contributed by atoms with Crippen LogP contribution in [0, 0.1) is 0 Å². The summed E-state index contributed by atoms with van der Waals surface area (Å²) in [6.45, 7) is 4.13. The molecule has 15 heavy (non-hydrogen) atoms. The summed E-state index contributed by atoms with van der Waals surface area (Å²) in [6.07, 6.45) is 3.64. The van der Waals surface area contributed by atoms with Gasteiger partial charge in [0.25, 0.3) is 0 Å². The molecule has 2 rings (SSSR count). The van der Waals surface area contributed by atoms with Crippen LogP contribution in [0.4, 0.5) is 0 Å². The fourth-order valence-electron chi connectivity index (χ4n) is 2.99. The zero-order valence-corrected chi connectivity index (χ0v) is 9.52. The molecule has 86 valence electrons. The van der Waals surface area contributed by atoms with Crippen LogP contribution in [0.3, 0.4) is 0 Å². The van der Waals surface area contributed by atoms with Gasteiger partial charge < -0.3 is 5.11 Å². The Kier molecular flexibility index (Phi) is 2.98. The first-order chi connectivity index (χ1) is 7.11. The van der Waals surface area contributed by atoms with Gasteiger partial charge in [0.05, 0.1) is 0 Å². The fourth-order valence-corrected chi connectivity index (χ4v) is 2.99. The molecule has 0 saturated carbocycles. The maximum Gasteiger partial charge on any atom is 0.320 e. The molecule has 3 unspecified atom stereocenters. The number of fused-ring (bicyclic) bond motifs is 1. The minimum atomic E-state index is -0.714. The van der Waals surface area contributed by atoms with Gasteiger partial charge in [0.1, 0.15) is 6.04 Å². The summed E-state index contributed by atoms with van der Waals surface area (Å²) in [7, 11) is 1.95. The molecule has 0 aromatic carbocycles. The predicted octanol–water partition coefficient (Wildman–Crippen LogP) is 0.628. The van der Waals surface area contributed by atoms with E-state index in [0.717, 1.165) is 13.0 Å². The summed E-state index contributed by atoms with van der Waals surface area (Å²) in [5.41, 5.74) is 0. The van der Waals surface area contributed by atoms with E-state index in [0.29, 0.717) is 12.1 Å². The van der Waals surface area contributed by atoms with Crippen LogP contribution in [0.2, 0.25) is 0 Å². The number of carboxylic acid groups (broad SMARTS) is 1. The lowest BCUT2D eigenvalue weighted by molar-refractivity contribution is -0.143. The monoisotopic (exact) mass is 212 g/mol. The van der Waals surface area contributed by atoms with E-state index < -0.39 is 5.97 Å². The summed E-state index contributed by atoms with van der Waals surface area (Å²) in [5.74, 6) is -0.714. The Hall–Kier alpha value is -0.610. The SMILES string of the molecule is CC(C(=O)O)N(C)C1CCN2CCCC12.